The van der Waals surface area contributed by atoms with Crippen molar-refractivity contribution in [2.45, 2.75) is 126 Å². The third-order valence-corrected chi connectivity index (χ3v) is 10.7. The number of phenols is 1. The molecule has 0 saturated heterocycles. The van der Waals surface area contributed by atoms with E-state index < -0.39 is 41.5 Å². The zero-order valence-corrected chi connectivity index (χ0v) is 35.9. The Morgan fingerprint density at radius 1 is 0.545 bits per heavy atom. The van der Waals surface area contributed by atoms with Crippen molar-refractivity contribution in [3.05, 3.63) is 96.1 Å². The fourth-order valence-electron chi connectivity index (χ4n) is 6.14. The van der Waals surface area contributed by atoms with Crippen molar-refractivity contribution < 1.29 is 45.6 Å². The molecule has 55 heavy (non-hydrogen) atoms. The molecule has 0 spiro atoms. The van der Waals surface area contributed by atoms with Crippen molar-refractivity contribution in [2.24, 2.45) is 0 Å². The summed E-state index contributed by atoms with van der Waals surface area (Å²) >= 11 is 0. The third-order valence-electron chi connectivity index (χ3n) is 8.79. The Kier molecular flexibility index (Phi) is 22.3. The average molecular weight is 823 g/mol. The number of para-hydroxylation sites is 2. The molecule has 0 atom stereocenters. The summed E-state index contributed by atoms with van der Waals surface area (Å²) in [6.45, 7) is 4.34. The van der Waals surface area contributed by atoms with Crippen molar-refractivity contribution in [3.63, 3.8) is 0 Å². The molecule has 4 aromatic carbocycles. The van der Waals surface area contributed by atoms with Crippen LogP contribution in [0.2, 0.25) is 0 Å². The van der Waals surface area contributed by atoms with Crippen LogP contribution in [0.25, 0.3) is 0 Å². The summed E-state index contributed by atoms with van der Waals surface area (Å²) in [6.07, 6.45) is 15.9. The van der Waals surface area contributed by atoms with Gasteiger partial charge in [0.15, 0.2) is 0 Å². The molecule has 0 heterocycles. The first-order valence-corrected chi connectivity index (χ1v) is 21.8. The van der Waals surface area contributed by atoms with E-state index in [0.29, 0.717) is 35.7 Å². The van der Waals surface area contributed by atoms with Crippen molar-refractivity contribution in [2.75, 3.05) is 0 Å². The molecule has 0 bridgehead atoms. The number of phenolic OH excluding ortho intramolecular Hbond substituents is 1. The topological polar surface area (TPSA) is 173 Å². The maximum atomic E-state index is 12.2. The smallest absolute Gasteiger partial charge is 0.872 e. The Morgan fingerprint density at radius 2 is 0.927 bits per heavy atom. The van der Waals surface area contributed by atoms with Crippen LogP contribution in [-0.4, -0.2) is 68.8 Å². The summed E-state index contributed by atoms with van der Waals surface area (Å²) in [5.41, 5.74) is 0.619. The number of hydrogen-bond acceptors (Lipinski definition) is 9. The predicted octanol–water partition coefficient (Wildman–Crippen LogP) is 10.1. The van der Waals surface area contributed by atoms with Crippen LogP contribution in [0.4, 0.5) is 0 Å². The number of aryl methyl sites for hydroxylation is 2. The first kappa shape index (κ1) is 48.3. The van der Waals surface area contributed by atoms with Crippen LogP contribution in [-0.2, 0) is 33.1 Å². The van der Waals surface area contributed by atoms with Gasteiger partial charge in [0.2, 0.25) is 0 Å². The minimum Gasteiger partial charge on any atom is -0.872 e. The molecular formula is C42H54CaO10S2. The second-order valence-electron chi connectivity index (χ2n) is 13.3. The van der Waals surface area contributed by atoms with Crippen LogP contribution in [0.15, 0.2) is 94.7 Å². The van der Waals surface area contributed by atoms with E-state index in [2.05, 4.69) is 13.8 Å². The van der Waals surface area contributed by atoms with Gasteiger partial charge in [0.25, 0.3) is 10.1 Å². The van der Waals surface area contributed by atoms with Gasteiger partial charge in [0.05, 0.1) is 0 Å². The Labute approximate surface area is 357 Å². The Bertz CT molecular complexity index is 1780. The van der Waals surface area contributed by atoms with Crippen molar-refractivity contribution in [1.82, 2.24) is 0 Å². The third kappa shape index (κ3) is 17.9. The van der Waals surface area contributed by atoms with Gasteiger partial charge in [-0.3, -0.25) is 4.55 Å². The second-order valence-corrected chi connectivity index (χ2v) is 16.0. The van der Waals surface area contributed by atoms with E-state index in [0.717, 1.165) is 51.0 Å². The molecule has 0 saturated carbocycles. The molecule has 0 radical (unpaired) electrons. The average Bonchev–Trinajstić information content (AvgIpc) is 3.10. The summed E-state index contributed by atoms with van der Waals surface area (Å²) in [4.78, 5) is -1.07. The number of unbranched alkanes of at least 4 members (excludes halogenated alkanes) is 12. The van der Waals surface area contributed by atoms with Gasteiger partial charge >= 0.3 is 37.7 Å². The monoisotopic (exact) mass is 822 g/mol. The van der Waals surface area contributed by atoms with E-state index in [-0.39, 0.29) is 49.1 Å². The van der Waals surface area contributed by atoms with Gasteiger partial charge in [-0.1, -0.05) is 133 Å². The van der Waals surface area contributed by atoms with Gasteiger partial charge in [-0.15, -0.1) is 0 Å². The van der Waals surface area contributed by atoms with E-state index in [1.807, 2.05) is 24.3 Å². The molecular weight excluding hydrogens is 769 g/mol. The van der Waals surface area contributed by atoms with E-state index in [9.17, 15) is 36.2 Å². The van der Waals surface area contributed by atoms with Gasteiger partial charge < -0.3 is 24.2 Å². The van der Waals surface area contributed by atoms with Gasteiger partial charge in [0, 0.05) is 11.0 Å². The number of aromatic hydroxyl groups is 1. The summed E-state index contributed by atoms with van der Waals surface area (Å²) in [7, 11) is -9.34. The molecule has 0 amide bonds. The van der Waals surface area contributed by atoms with Crippen LogP contribution >= 0.6 is 0 Å². The molecule has 13 heteroatoms. The van der Waals surface area contributed by atoms with Gasteiger partial charge in [-0.25, -0.2) is 8.42 Å². The van der Waals surface area contributed by atoms with E-state index >= 15 is 0 Å². The Morgan fingerprint density at radius 3 is 1.33 bits per heavy atom. The van der Waals surface area contributed by atoms with Crippen molar-refractivity contribution >= 4 is 58.0 Å². The van der Waals surface area contributed by atoms with Crippen LogP contribution < -0.4 is 14.6 Å². The SMILES string of the molecule is CCCCCCCCCc1cc(Oc2ccccc2)cc(O)c1S(=O)(=O)O.CCCCCCCCCc1cc(Oc2ccccc2)cc([O-])c1S(=O)(=O)[O-].[Ca+2]. The normalized spacial score (nSPS) is 11.3. The second kappa shape index (κ2) is 25.4. The first-order valence-electron chi connectivity index (χ1n) is 18.9. The fourth-order valence-corrected chi connectivity index (χ4v) is 7.74. The van der Waals surface area contributed by atoms with Crippen LogP contribution in [0.1, 0.15) is 115 Å². The van der Waals surface area contributed by atoms with Gasteiger partial charge in [-0.05, 0) is 79.3 Å². The maximum absolute atomic E-state index is 12.2. The van der Waals surface area contributed by atoms with E-state index in [1.165, 1.54) is 57.1 Å². The minimum absolute atomic E-state index is 0. The summed E-state index contributed by atoms with van der Waals surface area (Å²) in [6, 6.07) is 23.3. The maximum Gasteiger partial charge on any atom is 2.00 e. The summed E-state index contributed by atoms with van der Waals surface area (Å²) < 4.78 is 78.9. The predicted molar refractivity (Wildman–Crippen MR) is 214 cm³/mol. The first-order chi connectivity index (χ1) is 25.8. The Hall–Kier alpha value is -2.84. The largest absolute Gasteiger partial charge is 2.00 e. The van der Waals surface area contributed by atoms with Gasteiger partial charge in [-0.2, -0.15) is 8.42 Å². The fraction of sp³-hybridized carbons (Fsp3) is 0.429. The number of ether oxygens (including phenoxy) is 2. The molecule has 4 rings (SSSR count). The van der Waals surface area contributed by atoms with Crippen LogP contribution in [0, 0.1) is 0 Å². The van der Waals surface area contributed by atoms with Crippen LogP contribution in [0.5, 0.6) is 34.5 Å². The standard InChI is InChI=1S/2C21H28O5S.Ca/c2*1-2-3-4-5-6-7-9-12-17-15-19(26-18-13-10-8-11-14-18)16-20(22)21(17)27(23,24)25;/h2*8,10-11,13-16,22H,2-7,9,12H2,1H3,(H,23,24,25);/q;;+2/p-2. The zero-order chi connectivity index (χ0) is 39.4. The Balaban J connectivity index is 0.000000373. The van der Waals surface area contributed by atoms with Gasteiger partial charge in [0.1, 0.15) is 43.8 Å². The number of hydrogen-bond donors (Lipinski definition) is 2. The van der Waals surface area contributed by atoms with Crippen LogP contribution in [0.3, 0.4) is 0 Å². The van der Waals surface area contributed by atoms with Crippen molar-refractivity contribution in [1.29, 1.82) is 0 Å². The van der Waals surface area contributed by atoms with Crippen molar-refractivity contribution in [3.8, 4) is 34.5 Å². The quantitative estimate of drug-likeness (QED) is 0.0441. The minimum atomic E-state index is -4.83. The molecule has 0 aliphatic heterocycles. The summed E-state index contributed by atoms with van der Waals surface area (Å²) in [5, 5.41) is 22.4. The molecule has 4 aromatic rings. The molecule has 0 aromatic heterocycles. The molecule has 2 N–H and O–H groups in total. The molecule has 0 fully saturated rings. The number of rotatable bonds is 22. The molecule has 10 nitrogen and oxygen atoms in total. The summed E-state index contributed by atoms with van der Waals surface area (Å²) in [5.74, 6) is 0.399. The molecule has 296 valence electrons. The molecule has 0 unspecified atom stereocenters. The van der Waals surface area contributed by atoms with E-state index in [4.69, 9.17) is 9.47 Å². The number of benzene rings is 4. The van der Waals surface area contributed by atoms with E-state index in [1.54, 1.807) is 42.5 Å². The zero-order valence-electron chi connectivity index (χ0n) is 32.1. The molecule has 0 aliphatic carbocycles. The molecule has 0 aliphatic rings.